The van der Waals surface area contributed by atoms with Gasteiger partial charge in [-0.2, -0.15) is 0 Å². The molecule has 1 aliphatic rings. The summed E-state index contributed by atoms with van der Waals surface area (Å²) in [6.07, 6.45) is 4.76. The summed E-state index contributed by atoms with van der Waals surface area (Å²) >= 11 is 1.61. The maximum Gasteiger partial charge on any atom is 0.223 e. The number of likely N-dealkylation sites (N-methyl/N-ethyl adjacent to an activating group) is 1. The minimum absolute atomic E-state index is 0.213. The number of amides is 1. The van der Waals surface area contributed by atoms with Gasteiger partial charge in [0.25, 0.3) is 0 Å². The second-order valence-corrected chi connectivity index (χ2v) is 7.99. The Morgan fingerprint density at radius 2 is 2.04 bits per heavy atom. The molecule has 0 saturated carbocycles. The Labute approximate surface area is 169 Å². The number of benzene rings is 1. The minimum atomic E-state index is 0.213. The van der Waals surface area contributed by atoms with Gasteiger partial charge in [-0.15, -0.1) is 11.3 Å². The minimum Gasteiger partial charge on any atom is -0.339 e. The zero-order valence-electron chi connectivity index (χ0n) is 16.0. The number of nitrogens with zero attached hydrogens (tertiary/aromatic N) is 4. The zero-order chi connectivity index (χ0) is 19.3. The summed E-state index contributed by atoms with van der Waals surface area (Å²) in [6, 6.07) is 14.6. The van der Waals surface area contributed by atoms with Crippen molar-refractivity contribution in [2.75, 3.05) is 26.7 Å². The van der Waals surface area contributed by atoms with Gasteiger partial charge >= 0.3 is 0 Å². The molecule has 1 amide bonds. The first-order valence-electron chi connectivity index (χ1n) is 9.58. The summed E-state index contributed by atoms with van der Waals surface area (Å²) in [7, 11) is 2.13. The number of hydrogen-bond acceptors (Lipinski definition) is 5. The quantitative estimate of drug-likeness (QED) is 0.665. The number of carbonyl (C=O) groups is 1. The maximum absolute atomic E-state index is 12.8. The van der Waals surface area contributed by atoms with E-state index in [-0.39, 0.29) is 11.9 Å². The standard InChI is InChI=1S/C22H24N4OS/c1-25-12-13-26(15-20(25)17-6-3-2-4-7-17)21(27)10-9-19-16-28-22(24-19)18-8-5-11-23-14-18/h2-8,11,14,16,20H,9-10,12-13,15H2,1H3. The largest absolute Gasteiger partial charge is 0.339 e. The fourth-order valence-electron chi connectivity index (χ4n) is 3.57. The Balaban J connectivity index is 1.36. The molecule has 6 heteroatoms. The van der Waals surface area contributed by atoms with Crippen LogP contribution < -0.4 is 0 Å². The van der Waals surface area contributed by atoms with E-state index in [0.29, 0.717) is 12.8 Å². The fourth-order valence-corrected chi connectivity index (χ4v) is 4.42. The second kappa shape index (κ2) is 8.63. The van der Waals surface area contributed by atoms with Crippen LogP contribution in [-0.2, 0) is 11.2 Å². The Kier molecular flexibility index (Phi) is 5.78. The first-order valence-corrected chi connectivity index (χ1v) is 10.5. The van der Waals surface area contributed by atoms with E-state index >= 15 is 0 Å². The van der Waals surface area contributed by atoms with Gasteiger partial charge < -0.3 is 4.90 Å². The van der Waals surface area contributed by atoms with Crippen LogP contribution in [0.1, 0.15) is 23.7 Å². The molecule has 28 heavy (non-hydrogen) atoms. The number of piperazine rings is 1. The van der Waals surface area contributed by atoms with Gasteiger partial charge in [-0.25, -0.2) is 4.98 Å². The normalized spacial score (nSPS) is 17.6. The van der Waals surface area contributed by atoms with Crippen LogP contribution in [0.15, 0.2) is 60.2 Å². The summed E-state index contributed by atoms with van der Waals surface area (Å²) in [4.78, 5) is 26.0. The highest BCUT2D eigenvalue weighted by Gasteiger charge is 2.28. The molecule has 1 unspecified atom stereocenters. The molecule has 0 aliphatic carbocycles. The van der Waals surface area contributed by atoms with Crippen molar-refractivity contribution in [3.05, 3.63) is 71.5 Å². The third-order valence-corrected chi connectivity index (χ3v) is 6.18. The summed E-state index contributed by atoms with van der Waals surface area (Å²) in [6.45, 7) is 2.43. The van der Waals surface area contributed by atoms with Crippen LogP contribution >= 0.6 is 11.3 Å². The average molecular weight is 393 g/mol. The van der Waals surface area contributed by atoms with Crippen molar-refractivity contribution in [3.63, 3.8) is 0 Å². The molecular formula is C22H24N4OS. The first kappa shape index (κ1) is 18.8. The number of pyridine rings is 1. The molecule has 3 aromatic rings. The van der Waals surface area contributed by atoms with Gasteiger partial charge in [0.1, 0.15) is 5.01 Å². The van der Waals surface area contributed by atoms with Crippen LogP contribution in [0.4, 0.5) is 0 Å². The van der Waals surface area contributed by atoms with Crippen LogP contribution in [-0.4, -0.2) is 52.4 Å². The van der Waals surface area contributed by atoms with E-state index in [9.17, 15) is 4.79 Å². The summed E-state index contributed by atoms with van der Waals surface area (Å²) in [5.41, 5.74) is 3.27. The molecule has 5 nitrogen and oxygen atoms in total. The molecule has 1 atom stereocenters. The molecule has 144 valence electrons. The SMILES string of the molecule is CN1CCN(C(=O)CCc2csc(-c3cccnc3)n2)CC1c1ccccc1. The summed E-state index contributed by atoms with van der Waals surface area (Å²) in [5, 5.41) is 3.01. The number of thiazole rings is 1. The van der Waals surface area contributed by atoms with Gasteiger partial charge in [-0.1, -0.05) is 30.3 Å². The Morgan fingerprint density at radius 3 is 2.82 bits per heavy atom. The van der Waals surface area contributed by atoms with Gasteiger partial charge in [0, 0.05) is 49.4 Å². The molecule has 0 bridgehead atoms. The third kappa shape index (κ3) is 4.29. The molecule has 4 rings (SSSR count). The van der Waals surface area contributed by atoms with Gasteiger partial charge in [-0.3, -0.25) is 14.7 Å². The van der Waals surface area contributed by atoms with Crippen molar-refractivity contribution in [3.8, 4) is 10.6 Å². The van der Waals surface area contributed by atoms with Gasteiger partial charge in [-0.05, 0) is 31.2 Å². The monoisotopic (exact) mass is 392 g/mol. The number of rotatable bonds is 5. The van der Waals surface area contributed by atoms with Crippen LogP contribution in [0.2, 0.25) is 0 Å². The Bertz CT molecular complexity index is 913. The molecule has 1 saturated heterocycles. The van der Waals surface area contributed by atoms with E-state index in [1.165, 1.54) is 5.56 Å². The molecule has 2 aromatic heterocycles. The molecule has 0 N–H and O–H groups in total. The molecule has 0 radical (unpaired) electrons. The van der Waals surface area contributed by atoms with Gasteiger partial charge in [0.05, 0.1) is 11.7 Å². The molecule has 0 spiro atoms. The lowest BCUT2D eigenvalue weighted by Gasteiger charge is -2.39. The first-order chi connectivity index (χ1) is 13.7. The van der Waals surface area contributed by atoms with Crippen LogP contribution in [0.3, 0.4) is 0 Å². The Morgan fingerprint density at radius 1 is 1.18 bits per heavy atom. The van der Waals surface area contributed by atoms with Crippen molar-refractivity contribution in [2.45, 2.75) is 18.9 Å². The summed E-state index contributed by atoms with van der Waals surface area (Å²) in [5.74, 6) is 0.213. The number of aromatic nitrogens is 2. The van der Waals surface area contributed by atoms with Crippen molar-refractivity contribution in [2.24, 2.45) is 0 Å². The highest BCUT2D eigenvalue weighted by atomic mass is 32.1. The predicted octanol–water partition coefficient (Wildman–Crippen LogP) is 3.65. The van der Waals surface area contributed by atoms with Crippen molar-refractivity contribution in [1.82, 2.24) is 19.8 Å². The van der Waals surface area contributed by atoms with Gasteiger partial charge in [0.15, 0.2) is 0 Å². The van der Waals surface area contributed by atoms with E-state index in [2.05, 4.69) is 46.2 Å². The van der Waals surface area contributed by atoms with E-state index < -0.39 is 0 Å². The molecule has 1 aliphatic heterocycles. The highest BCUT2D eigenvalue weighted by Crippen LogP contribution is 2.25. The lowest BCUT2D eigenvalue weighted by atomic mass is 10.0. The van der Waals surface area contributed by atoms with E-state index in [4.69, 9.17) is 0 Å². The van der Waals surface area contributed by atoms with Crippen LogP contribution in [0.5, 0.6) is 0 Å². The third-order valence-electron chi connectivity index (χ3n) is 5.24. The predicted molar refractivity (Wildman–Crippen MR) is 112 cm³/mol. The second-order valence-electron chi connectivity index (χ2n) is 7.13. The highest BCUT2D eigenvalue weighted by molar-refractivity contribution is 7.13. The lowest BCUT2D eigenvalue weighted by molar-refractivity contribution is -0.134. The number of aryl methyl sites for hydroxylation is 1. The van der Waals surface area contributed by atoms with Crippen molar-refractivity contribution < 1.29 is 4.79 Å². The van der Waals surface area contributed by atoms with E-state index in [1.807, 2.05) is 34.7 Å². The van der Waals surface area contributed by atoms with E-state index in [0.717, 1.165) is 35.9 Å². The lowest BCUT2D eigenvalue weighted by Crippen LogP contribution is -2.49. The number of hydrogen-bond donors (Lipinski definition) is 0. The van der Waals surface area contributed by atoms with Crippen LogP contribution in [0.25, 0.3) is 10.6 Å². The Hall–Kier alpha value is -2.57. The summed E-state index contributed by atoms with van der Waals surface area (Å²) < 4.78 is 0. The average Bonchev–Trinajstić information content (AvgIpc) is 3.23. The number of carbonyl (C=O) groups excluding carboxylic acids is 1. The van der Waals surface area contributed by atoms with Crippen molar-refractivity contribution >= 4 is 17.2 Å². The molecule has 1 aromatic carbocycles. The van der Waals surface area contributed by atoms with E-state index in [1.54, 1.807) is 17.5 Å². The van der Waals surface area contributed by atoms with Gasteiger partial charge in [0.2, 0.25) is 5.91 Å². The zero-order valence-corrected chi connectivity index (χ0v) is 16.8. The fraction of sp³-hybridized carbons (Fsp3) is 0.318. The molecular weight excluding hydrogens is 368 g/mol. The maximum atomic E-state index is 12.8. The smallest absolute Gasteiger partial charge is 0.223 e. The molecule has 1 fully saturated rings. The van der Waals surface area contributed by atoms with Crippen LogP contribution in [0, 0.1) is 0 Å². The van der Waals surface area contributed by atoms with Crippen molar-refractivity contribution in [1.29, 1.82) is 0 Å². The molecule has 3 heterocycles. The topological polar surface area (TPSA) is 49.3 Å².